The van der Waals surface area contributed by atoms with Crippen molar-refractivity contribution in [1.29, 1.82) is 0 Å². The molecule has 1 aromatic heterocycles. The van der Waals surface area contributed by atoms with E-state index in [2.05, 4.69) is 5.10 Å². The topological polar surface area (TPSA) is 90.1 Å². The van der Waals surface area contributed by atoms with Crippen molar-refractivity contribution in [1.82, 2.24) is 9.78 Å². The molecule has 0 saturated carbocycles. The maximum atomic E-state index is 12.0. The lowest BCUT2D eigenvalue weighted by molar-refractivity contribution is 0.0472. The molecule has 16 heavy (non-hydrogen) atoms. The summed E-state index contributed by atoms with van der Waals surface area (Å²) in [5, 5.41) is 2.72. The van der Waals surface area contributed by atoms with Gasteiger partial charge in [0.15, 0.2) is 0 Å². The minimum Gasteiger partial charge on any atom is -0.381 e. The summed E-state index contributed by atoms with van der Waals surface area (Å²) in [6.07, 6.45) is 1.34. The lowest BCUT2D eigenvalue weighted by atomic mass is 10.00. The first-order valence-electron chi connectivity index (χ1n) is 5.35. The van der Waals surface area contributed by atoms with Crippen LogP contribution in [0, 0.1) is 5.92 Å². The third-order valence-corrected chi connectivity index (χ3v) is 2.78. The Morgan fingerprint density at radius 2 is 2.25 bits per heavy atom. The lowest BCUT2D eigenvalue weighted by Crippen LogP contribution is -2.33. The Hall–Kier alpha value is -1.40. The van der Waals surface area contributed by atoms with E-state index in [1.807, 2.05) is 0 Å². The number of nitrogens with two attached hydrogens (primary N) is 1. The van der Waals surface area contributed by atoms with Gasteiger partial charge in [0.2, 0.25) is 0 Å². The lowest BCUT2D eigenvalue weighted by Gasteiger charge is -2.20. The highest BCUT2D eigenvalue weighted by Gasteiger charge is 2.24. The largest absolute Gasteiger partial charge is 0.381 e. The van der Waals surface area contributed by atoms with Crippen molar-refractivity contribution < 1.29 is 9.53 Å². The predicted molar refractivity (Wildman–Crippen MR) is 57.1 cm³/mol. The summed E-state index contributed by atoms with van der Waals surface area (Å²) < 4.78 is 6.23. The van der Waals surface area contributed by atoms with Crippen molar-refractivity contribution >= 4 is 5.91 Å². The second-order valence-corrected chi connectivity index (χ2v) is 3.88. The summed E-state index contributed by atoms with van der Waals surface area (Å²) in [5.41, 5.74) is 5.63. The van der Waals surface area contributed by atoms with Crippen LogP contribution in [0.3, 0.4) is 0 Å². The molecule has 0 radical (unpaired) electrons. The SMILES string of the molecule is NCc1cc(=O)n(C(=O)C2CCOCC2)[nH]1. The maximum absolute atomic E-state index is 12.0. The predicted octanol–water partition coefficient (Wildman–Crippen LogP) is -0.298. The molecule has 6 heteroatoms. The molecular weight excluding hydrogens is 210 g/mol. The first kappa shape index (κ1) is 11.1. The van der Waals surface area contributed by atoms with Gasteiger partial charge >= 0.3 is 0 Å². The molecule has 88 valence electrons. The molecule has 0 spiro atoms. The first-order chi connectivity index (χ1) is 7.72. The van der Waals surface area contributed by atoms with Gasteiger partial charge in [-0.25, -0.2) is 0 Å². The van der Waals surface area contributed by atoms with E-state index in [9.17, 15) is 9.59 Å². The summed E-state index contributed by atoms with van der Waals surface area (Å²) in [7, 11) is 0. The number of nitrogens with one attached hydrogen (secondary N) is 1. The molecule has 6 nitrogen and oxygen atoms in total. The molecule has 0 atom stereocenters. The van der Waals surface area contributed by atoms with Gasteiger partial charge in [0, 0.05) is 31.7 Å². The first-order valence-corrected chi connectivity index (χ1v) is 5.35. The van der Waals surface area contributed by atoms with Crippen LogP contribution in [0.2, 0.25) is 0 Å². The van der Waals surface area contributed by atoms with Crippen molar-refractivity contribution in [2.75, 3.05) is 13.2 Å². The van der Waals surface area contributed by atoms with Crippen LogP contribution in [-0.4, -0.2) is 28.9 Å². The van der Waals surface area contributed by atoms with Gasteiger partial charge in [0.05, 0.1) is 5.69 Å². The molecule has 1 saturated heterocycles. The number of carbonyl (C=O) groups excluding carboxylic acids is 1. The van der Waals surface area contributed by atoms with Crippen LogP contribution >= 0.6 is 0 Å². The molecule has 0 bridgehead atoms. The zero-order chi connectivity index (χ0) is 11.5. The minimum absolute atomic E-state index is 0.129. The van der Waals surface area contributed by atoms with Gasteiger partial charge < -0.3 is 10.5 Å². The van der Waals surface area contributed by atoms with Gasteiger partial charge in [0.25, 0.3) is 11.5 Å². The van der Waals surface area contributed by atoms with Crippen molar-refractivity contribution in [2.24, 2.45) is 11.7 Å². The number of aromatic amines is 1. The van der Waals surface area contributed by atoms with E-state index in [0.717, 1.165) is 4.68 Å². The van der Waals surface area contributed by atoms with Gasteiger partial charge in [-0.2, -0.15) is 4.68 Å². The summed E-state index contributed by atoms with van der Waals surface area (Å²) in [6, 6.07) is 1.36. The summed E-state index contributed by atoms with van der Waals surface area (Å²) in [6.45, 7) is 1.38. The van der Waals surface area contributed by atoms with Crippen molar-refractivity contribution in [3.8, 4) is 0 Å². The van der Waals surface area contributed by atoms with Gasteiger partial charge in [0.1, 0.15) is 0 Å². The number of hydrogen-bond acceptors (Lipinski definition) is 4. The van der Waals surface area contributed by atoms with Crippen LogP contribution in [-0.2, 0) is 11.3 Å². The van der Waals surface area contributed by atoms with E-state index in [1.165, 1.54) is 6.07 Å². The quantitative estimate of drug-likeness (QED) is 0.723. The number of nitrogens with zero attached hydrogens (tertiary/aromatic N) is 1. The molecule has 0 unspecified atom stereocenters. The van der Waals surface area contributed by atoms with Crippen LogP contribution < -0.4 is 11.3 Å². The Kier molecular flexibility index (Phi) is 3.21. The Morgan fingerprint density at radius 1 is 1.56 bits per heavy atom. The van der Waals surface area contributed by atoms with Crippen LogP contribution in [0.25, 0.3) is 0 Å². The number of carbonyl (C=O) groups is 1. The Labute approximate surface area is 92.4 Å². The van der Waals surface area contributed by atoms with Gasteiger partial charge in [-0.05, 0) is 12.8 Å². The van der Waals surface area contributed by atoms with Crippen molar-refractivity contribution in [3.63, 3.8) is 0 Å². The van der Waals surface area contributed by atoms with Gasteiger partial charge in [-0.1, -0.05) is 0 Å². The third kappa shape index (κ3) is 2.07. The van der Waals surface area contributed by atoms with E-state index >= 15 is 0 Å². The van der Waals surface area contributed by atoms with Crippen LogP contribution in [0.5, 0.6) is 0 Å². The average Bonchev–Trinajstić information content (AvgIpc) is 2.71. The second-order valence-electron chi connectivity index (χ2n) is 3.88. The third-order valence-electron chi connectivity index (χ3n) is 2.78. The fraction of sp³-hybridized carbons (Fsp3) is 0.600. The molecule has 1 aliphatic rings. The standard InChI is InChI=1S/C10H15N3O3/c11-6-8-5-9(14)13(12-8)10(15)7-1-3-16-4-2-7/h5,7,12H,1-4,6,11H2. The molecule has 2 rings (SSSR count). The number of hydrogen-bond donors (Lipinski definition) is 2. The van der Waals surface area contributed by atoms with E-state index in [-0.39, 0.29) is 23.9 Å². The number of rotatable bonds is 2. The normalized spacial score (nSPS) is 17.6. The minimum atomic E-state index is -0.336. The van der Waals surface area contributed by atoms with E-state index in [1.54, 1.807) is 0 Å². The molecule has 0 amide bonds. The monoisotopic (exact) mass is 225 g/mol. The molecule has 2 heterocycles. The molecule has 0 aliphatic carbocycles. The van der Waals surface area contributed by atoms with Crippen molar-refractivity contribution in [3.05, 3.63) is 22.1 Å². The fourth-order valence-corrected chi connectivity index (χ4v) is 1.84. The molecule has 0 aromatic carbocycles. The Bertz CT molecular complexity index is 429. The van der Waals surface area contributed by atoms with E-state index in [4.69, 9.17) is 10.5 Å². The molecule has 3 N–H and O–H groups in total. The van der Waals surface area contributed by atoms with Crippen LogP contribution in [0.4, 0.5) is 0 Å². The Morgan fingerprint density at radius 3 is 2.81 bits per heavy atom. The average molecular weight is 225 g/mol. The van der Waals surface area contributed by atoms with Crippen LogP contribution in [0.15, 0.2) is 10.9 Å². The van der Waals surface area contributed by atoms with Crippen molar-refractivity contribution in [2.45, 2.75) is 19.4 Å². The number of H-pyrrole nitrogens is 1. The number of ether oxygens (including phenoxy) is 1. The van der Waals surface area contributed by atoms with E-state index in [0.29, 0.717) is 31.7 Å². The summed E-state index contributed by atoms with van der Waals surface area (Å²) in [4.78, 5) is 23.5. The zero-order valence-electron chi connectivity index (χ0n) is 8.94. The maximum Gasteiger partial charge on any atom is 0.273 e. The van der Waals surface area contributed by atoms with Gasteiger partial charge in [-0.15, -0.1) is 0 Å². The number of aromatic nitrogens is 2. The molecule has 1 fully saturated rings. The van der Waals surface area contributed by atoms with Crippen LogP contribution in [0.1, 0.15) is 23.3 Å². The molecule has 1 aliphatic heterocycles. The highest BCUT2D eigenvalue weighted by atomic mass is 16.5. The van der Waals surface area contributed by atoms with E-state index < -0.39 is 0 Å². The van der Waals surface area contributed by atoms with Gasteiger partial charge in [-0.3, -0.25) is 14.7 Å². The second kappa shape index (κ2) is 4.63. The smallest absolute Gasteiger partial charge is 0.273 e. The highest BCUT2D eigenvalue weighted by molar-refractivity contribution is 5.80. The Balaban J connectivity index is 2.19. The zero-order valence-corrected chi connectivity index (χ0v) is 8.94. The summed E-state index contributed by atoms with van der Waals surface area (Å²) >= 11 is 0. The molecular formula is C10H15N3O3. The fourth-order valence-electron chi connectivity index (χ4n) is 1.84. The highest BCUT2D eigenvalue weighted by Crippen LogP contribution is 2.15. The molecule has 1 aromatic rings. The summed E-state index contributed by atoms with van der Waals surface area (Å²) in [5.74, 6) is -0.316.